The van der Waals surface area contributed by atoms with Crippen molar-refractivity contribution in [3.05, 3.63) is 60.2 Å². The molecule has 0 atom stereocenters. The van der Waals surface area contributed by atoms with Gasteiger partial charge in [-0.15, -0.1) is 0 Å². The molecule has 0 bridgehead atoms. The Morgan fingerprint density at radius 3 is 2.40 bits per heavy atom. The van der Waals surface area contributed by atoms with Gasteiger partial charge in [-0.3, -0.25) is 15.0 Å². The van der Waals surface area contributed by atoms with Crippen LogP contribution in [0.2, 0.25) is 0 Å². The first-order chi connectivity index (χ1) is 17.2. The van der Waals surface area contributed by atoms with E-state index in [1.165, 1.54) is 16.5 Å². The lowest BCUT2D eigenvalue weighted by atomic mass is 9.84. The molecule has 5 rings (SSSR count). The van der Waals surface area contributed by atoms with E-state index in [4.69, 9.17) is 4.37 Å². The van der Waals surface area contributed by atoms with Crippen molar-refractivity contribution in [2.45, 2.75) is 38.1 Å². The van der Waals surface area contributed by atoms with Gasteiger partial charge in [-0.25, -0.2) is 4.79 Å². The Morgan fingerprint density at radius 1 is 0.914 bits per heavy atom. The highest BCUT2D eigenvalue weighted by Gasteiger charge is 2.25. The fraction of sp³-hybridized carbons (Fsp3) is 0.444. The number of benzene rings is 2. The van der Waals surface area contributed by atoms with Gasteiger partial charge in [0.15, 0.2) is 0 Å². The van der Waals surface area contributed by atoms with Crippen molar-refractivity contribution in [2.75, 3.05) is 37.6 Å². The zero-order valence-electron chi connectivity index (χ0n) is 20.0. The normalized spacial score (nSPS) is 21.1. The third-order valence-corrected chi connectivity index (χ3v) is 8.15. The second-order valence-corrected chi connectivity index (χ2v) is 10.4. The van der Waals surface area contributed by atoms with Crippen LogP contribution < -0.4 is 15.5 Å². The van der Waals surface area contributed by atoms with Crippen LogP contribution in [-0.4, -0.2) is 60.0 Å². The van der Waals surface area contributed by atoms with Gasteiger partial charge in [0, 0.05) is 43.2 Å². The van der Waals surface area contributed by atoms with Crippen LogP contribution in [0.5, 0.6) is 0 Å². The summed E-state index contributed by atoms with van der Waals surface area (Å²) in [4.78, 5) is 29.4. The molecule has 3 amide bonds. The van der Waals surface area contributed by atoms with Crippen molar-refractivity contribution in [1.29, 1.82) is 0 Å². The first-order valence-electron chi connectivity index (χ1n) is 12.6. The van der Waals surface area contributed by atoms with Gasteiger partial charge in [-0.1, -0.05) is 30.3 Å². The van der Waals surface area contributed by atoms with Gasteiger partial charge >= 0.3 is 6.03 Å². The van der Waals surface area contributed by atoms with Crippen molar-refractivity contribution in [1.82, 2.24) is 19.9 Å². The van der Waals surface area contributed by atoms with Gasteiger partial charge in [0.1, 0.15) is 5.82 Å². The van der Waals surface area contributed by atoms with Crippen molar-refractivity contribution < 1.29 is 9.59 Å². The summed E-state index contributed by atoms with van der Waals surface area (Å²) < 4.78 is 5.98. The standard InChI is InChI=1S/C27H33N5O2S/c33-26(21-6-2-1-3-7-21)29-27(34)28-22-12-10-20(11-13-22)14-15-31-16-18-32(19-17-31)25-23-8-4-5-9-24(23)35-30-25/h1-9,20,22H,10-19H2,(H2,28,29,33,34)/t20-,22+. The highest BCUT2D eigenvalue weighted by Crippen LogP contribution is 2.30. The summed E-state index contributed by atoms with van der Waals surface area (Å²) in [6.45, 7) is 5.36. The zero-order valence-corrected chi connectivity index (χ0v) is 20.8. The molecule has 3 aromatic rings. The third-order valence-electron chi connectivity index (χ3n) is 7.33. The number of amides is 3. The summed E-state index contributed by atoms with van der Waals surface area (Å²) >= 11 is 1.59. The average molecular weight is 492 g/mol. The molecule has 1 saturated carbocycles. The van der Waals surface area contributed by atoms with Gasteiger partial charge in [0.05, 0.1) is 4.70 Å². The van der Waals surface area contributed by atoms with Gasteiger partial charge in [-0.2, -0.15) is 4.37 Å². The topological polar surface area (TPSA) is 77.6 Å². The van der Waals surface area contributed by atoms with Crippen LogP contribution in [-0.2, 0) is 0 Å². The van der Waals surface area contributed by atoms with E-state index in [0.717, 1.165) is 64.2 Å². The molecule has 2 N–H and O–H groups in total. The summed E-state index contributed by atoms with van der Waals surface area (Å²) in [5.74, 6) is 1.49. The van der Waals surface area contributed by atoms with E-state index in [-0.39, 0.29) is 11.9 Å². The Hall–Kier alpha value is -2.97. The minimum Gasteiger partial charge on any atom is -0.353 e. The number of hydrogen-bond donors (Lipinski definition) is 2. The molecule has 1 aliphatic heterocycles. The number of fused-ring (bicyclic) bond motifs is 1. The van der Waals surface area contributed by atoms with Crippen LogP contribution in [0.15, 0.2) is 54.6 Å². The number of aromatic nitrogens is 1. The maximum atomic E-state index is 12.2. The van der Waals surface area contributed by atoms with Crippen molar-refractivity contribution >= 4 is 39.4 Å². The van der Waals surface area contributed by atoms with E-state index in [0.29, 0.717) is 11.5 Å². The molecular weight excluding hydrogens is 458 g/mol. The number of urea groups is 1. The van der Waals surface area contributed by atoms with Crippen LogP contribution in [0.25, 0.3) is 10.1 Å². The predicted octanol–water partition coefficient (Wildman–Crippen LogP) is 4.51. The maximum absolute atomic E-state index is 12.2. The van der Waals surface area contributed by atoms with Crippen molar-refractivity contribution in [2.24, 2.45) is 5.92 Å². The van der Waals surface area contributed by atoms with E-state index >= 15 is 0 Å². The number of piperazine rings is 1. The lowest BCUT2D eigenvalue weighted by Gasteiger charge is -2.36. The number of carbonyl (C=O) groups excluding carboxylic acids is 2. The van der Waals surface area contributed by atoms with E-state index in [2.05, 4.69) is 44.7 Å². The summed E-state index contributed by atoms with van der Waals surface area (Å²) in [6.07, 6.45) is 5.42. The number of nitrogens with one attached hydrogen (secondary N) is 2. The first kappa shape index (κ1) is 23.8. The molecule has 7 nitrogen and oxygen atoms in total. The largest absolute Gasteiger partial charge is 0.353 e. The maximum Gasteiger partial charge on any atom is 0.321 e. The van der Waals surface area contributed by atoms with Crippen LogP contribution >= 0.6 is 11.5 Å². The van der Waals surface area contributed by atoms with Crippen LogP contribution in [0.3, 0.4) is 0 Å². The van der Waals surface area contributed by atoms with E-state index in [9.17, 15) is 9.59 Å². The SMILES string of the molecule is O=C(NC(=O)c1ccccc1)N[C@H]1CC[C@@H](CCN2CCN(c3nsc4ccccc34)CC2)CC1. The van der Waals surface area contributed by atoms with Gasteiger partial charge in [0.25, 0.3) is 5.91 Å². The molecule has 2 aliphatic rings. The molecule has 2 fully saturated rings. The van der Waals surface area contributed by atoms with Gasteiger partial charge in [-0.05, 0) is 80.4 Å². The van der Waals surface area contributed by atoms with Gasteiger partial charge in [0.2, 0.25) is 0 Å². The molecule has 0 radical (unpaired) electrons. The molecule has 1 aromatic heterocycles. The van der Waals surface area contributed by atoms with E-state index in [1.807, 2.05) is 6.07 Å². The number of imide groups is 1. The Morgan fingerprint density at radius 2 is 1.63 bits per heavy atom. The Bertz CT molecular complexity index is 1130. The molecule has 184 valence electrons. The summed E-state index contributed by atoms with van der Waals surface area (Å²) in [5.41, 5.74) is 0.493. The van der Waals surface area contributed by atoms with Crippen LogP contribution in [0, 0.1) is 5.92 Å². The summed E-state index contributed by atoms with van der Waals surface area (Å²) in [6, 6.07) is 17.1. The first-order valence-corrected chi connectivity index (χ1v) is 13.4. The van der Waals surface area contributed by atoms with Crippen LogP contribution in [0.4, 0.5) is 10.6 Å². The molecular formula is C27H33N5O2S. The fourth-order valence-corrected chi connectivity index (χ4v) is 6.03. The van der Waals surface area contributed by atoms with Gasteiger partial charge < -0.3 is 10.2 Å². The molecule has 2 heterocycles. The number of rotatable bonds is 6. The van der Waals surface area contributed by atoms with Crippen LogP contribution in [0.1, 0.15) is 42.5 Å². The highest BCUT2D eigenvalue weighted by molar-refractivity contribution is 7.13. The summed E-state index contributed by atoms with van der Waals surface area (Å²) in [7, 11) is 0. The average Bonchev–Trinajstić information content (AvgIpc) is 3.33. The second-order valence-electron chi connectivity index (χ2n) is 9.63. The number of nitrogens with zero attached hydrogens (tertiary/aromatic N) is 3. The lowest BCUT2D eigenvalue weighted by Crippen LogP contribution is -2.47. The Kier molecular flexibility index (Phi) is 7.59. The number of anilines is 1. The lowest BCUT2D eigenvalue weighted by molar-refractivity contribution is 0.0962. The van der Waals surface area contributed by atoms with E-state index < -0.39 is 6.03 Å². The van der Waals surface area contributed by atoms with Crippen molar-refractivity contribution in [3.63, 3.8) is 0 Å². The number of carbonyl (C=O) groups is 2. The van der Waals surface area contributed by atoms with E-state index in [1.54, 1.807) is 35.8 Å². The molecule has 1 aliphatic carbocycles. The molecule has 35 heavy (non-hydrogen) atoms. The highest BCUT2D eigenvalue weighted by atomic mass is 32.1. The predicted molar refractivity (Wildman–Crippen MR) is 141 cm³/mol. The molecule has 1 saturated heterocycles. The molecule has 0 unspecified atom stereocenters. The smallest absolute Gasteiger partial charge is 0.321 e. The minimum atomic E-state index is -0.395. The Balaban J connectivity index is 0.994. The quantitative estimate of drug-likeness (QED) is 0.531. The molecule has 8 heteroatoms. The van der Waals surface area contributed by atoms with Crippen molar-refractivity contribution in [3.8, 4) is 0 Å². The fourth-order valence-electron chi connectivity index (χ4n) is 5.23. The zero-order chi connectivity index (χ0) is 24.0. The minimum absolute atomic E-state index is 0.145. The summed E-state index contributed by atoms with van der Waals surface area (Å²) in [5, 5.41) is 6.70. The second kappa shape index (κ2) is 11.2. The molecule has 0 spiro atoms. The Labute approximate surface area is 210 Å². The number of hydrogen-bond acceptors (Lipinski definition) is 6. The third kappa shape index (κ3) is 6.00. The monoisotopic (exact) mass is 491 g/mol. The molecule has 2 aromatic carbocycles.